The van der Waals surface area contributed by atoms with Gasteiger partial charge < -0.3 is 10.4 Å². The van der Waals surface area contributed by atoms with Crippen molar-refractivity contribution < 1.29 is 5.11 Å². The molecule has 1 heterocycles. The standard InChI is InChI=1S/C10H13NO/c1-10(7-12)6-8-4-2-3-5-9(8)11-10/h2-5,11-12H,6-7H2,1H3/t10-/m1/s1. The minimum Gasteiger partial charge on any atom is -0.394 e. The summed E-state index contributed by atoms with van der Waals surface area (Å²) in [6.07, 6.45) is 0.916. The van der Waals surface area contributed by atoms with Crippen LogP contribution >= 0.6 is 0 Å². The number of aliphatic hydroxyl groups is 1. The van der Waals surface area contributed by atoms with Crippen LogP contribution in [0.25, 0.3) is 0 Å². The van der Waals surface area contributed by atoms with Gasteiger partial charge in [0.1, 0.15) is 0 Å². The SMILES string of the molecule is C[C@]1(CO)Cc2ccccc2N1. The lowest BCUT2D eigenvalue weighted by molar-refractivity contribution is 0.227. The first-order chi connectivity index (χ1) is 5.73. The monoisotopic (exact) mass is 163 g/mol. The molecule has 0 bridgehead atoms. The third kappa shape index (κ3) is 1.08. The number of fused-ring (bicyclic) bond motifs is 1. The highest BCUT2D eigenvalue weighted by Crippen LogP contribution is 2.31. The molecule has 2 nitrogen and oxygen atoms in total. The molecule has 1 atom stereocenters. The molecule has 12 heavy (non-hydrogen) atoms. The Hall–Kier alpha value is -1.02. The number of hydrogen-bond donors (Lipinski definition) is 2. The highest BCUT2D eigenvalue weighted by atomic mass is 16.3. The Morgan fingerprint density at radius 1 is 1.50 bits per heavy atom. The molecule has 0 radical (unpaired) electrons. The number of para-hydroxylation sites is 1. The van der Waals surface area contributed by atoms with E-state index in [1.54, 1.807) is 0 Å². The van der Waals surface area contributed by atoms with Crippen LogP contribution in [-0.4, -0.2) is 17.3 Å². The second-order valence-corrected chi connectivity index (χ2v) is 3.68. The number of hydrogen-bond acceptors (Lipinski definition) is 2. The van der Waals surface area contributed by atoms with E-state index >= 15 is 0 Å². The molecule has 0 aromatic heterocycles. The summed E-state index contributed by atoms with van der Waals surface area (Å²) < 4.78 is 0. The smallest absolute Gasteiger partial charge is 0.0662 e. The van der Waals surface area contributed by atoms with E-state index in [2.05, 4.69) is 17.4 Å². The Labute approximate surface area is 72.2 Å². The van der Waals surface area contributed by atoms with Gasteiger partial charge in [-0.15, -0.1) is 0 Å². The summed E-state index contributed by atoms with van der Waals surface area (Å²) in [5.74, 6) is 0. The summed E-state index contributed by atoms with van der Waals surface area (Å²) in [6.45, 7) is 2.22. The predicted octanol–water partition coefficient (Wildman–Crippen LogP) is 1.41. The van der Waals surface area contributed by atoms with Crippen molar-refractivity contribution in [1.29, 1.82) is 0 Å². The van der Waals surface area contributed by atoms with Crippen LogP contribution in [0.5, 0.6) is 0 Å². The largest absolute Gasteiger partial charge is 0.394 e. The van der Waals surface area contributed by atoms with Crippen LogP contribution in [-0.2, 0) is 6.42 Å². The van der Waals surface area contributed by atoms with Gasteiger partial charge in [0, 0.05) is 5.69 Å². The second kappa shape index (κ2) is 2.49. The van der Waals surface area contributed by atoms with E-state index in [1.807, 2.05) is 19.1 Å². The predicted molar refractivity (Wildman–Crippen MR) is 49.3 cm³/mol. The highest BCUT2D eigenvalue weighted by molar-refractivity contribution is 5.58. The first-order valence-electron chi connectivity index (χ1n) is 4.20. The summed E-state index contributed by atoms with van der Waals surface area (Å²) in [6, 6.07) is 8.19. The Balaban J connectivity index is 2.33. The molecule has 2 heteroatoms. The van der Waals surface area contributed by atoms with Crippen molar-refractivity contribution in [2.75, 3.05) is 11.9 Å². The van der Waals surface area contributed by atoms with Gasteiger partial charge in [-0.2, -0.15) is 0 Å². The van der Waals surface area contributed by atoms with Gasteiger partial charge in [0.25, 0.3) is 0 Å². The van der Waals surface area contributed by atoms with Gasteiger partial charge in [-0.05, 0) is 25.0 Å². The van der Waals surface area contributed by atoms with Gasteiger partial charge in [-0.1, -0.05) is 18.2 Å². The molecule has 2 N–H and O–H groups in total. The first-order valence-corrected chi connectivity index (χ1v) is 4.20. The molecule has 0 fully saturated rings. The van der Waals surface area contributed by atoms with Crippen LogP contribution in [0.3, 0.4) is 0 Å². The average Bonchev–Trinajstić information content (AvgIpc) is 2.42. The van der Waals surface area contributed by atoms with Gasteiger partial charge in [-0.25, -0.2) is 0 Å². The lowest BCUT2D eigenvalue weighted by atomic mass is 9.99. The summed E-state index contributed by atoms with van der Waals surface area (Å²) >= 11 is 0. The summed E-state index contributed by atoms with van der Waals surface area (Å²) in [5.41, 5.74) is 2.31. The van der Waals surface area contributed by atoms with Crippen molar-refractivity contribution in [1.82, 2.24) is 0 Å². The summed E-state index contributed by atoms with van der Waals surface area (Å²) in [7, 11) is 0. The molecule has 1 aromatic carbocycles. The molecule has 1 aromatic rings. The molecule has 1 aliphatic heterocycles. The normalized spacial score (nSPS) is 26.5. The third-order valence-electron chi connectivity index (χ3n) is 2.38. The van der Waals surface area contributed by atoms with Crippen molar-refractivity contribution >= 4 is 5.69 Å². The number of benzene rings is 1. The molecular formula is C10H13NO. The topological polar surface area (TPSA) is 32.3 Å². The van der Waals surface area contributed by atoms with Crippen LogP contribution in [0.2, 0.25) is 0 Å². The minimum absolute atomic E-state index is 0.149. The Bertz CT molecular complexity index is 271. The first kappa shape index (κ1) is 7.62. The van der Waals surface area contributed by atoms with Crippen LogP contribution in [0.15, 0.2) is 24.3 Å². The Morgan fingerprint density at radius 3 is 2.92 bits per heavy atom. The number of rotatable bonds is 1. The van der Waals surface area contributed by atoms with Crippen molar-refractivity contribution in [3.63, 3.8) is 0 Å². The molecule has 64 valence electrons. The molecule has 0 aliphatic carbocycles. The summed E-state index contributed by atoms with van der Waals surface area (Å²) in [5, 5.41) is 12.4. The van der Waals surface area contributed by atoms with Crippen LogP contribution in [0.4, 0.5) is 5.69 Å². The molecule has 0 saturated carbocycles. The zero-order valence-corrected chi connectivity index (χ0v) is 7.17. The van der Waals surface area contributed by atoms with E-state index in [-0.39, 0.29) is 12.1 Å². The summed E-state index contributed by atoms with van der Waals surface area (Å²) in [4.78, 5) is 0. The third-order valence-corrected chi connectivity index (χ3v) is 2.38. The Morgan fingerprint density at radius 2 is 2.25 bits per heavy atom. The molecule has 0 saturated heterocycles. The highest BCUT2D eigenvalue weighted by Gasteiger charge is 2.30. The van der Waals surface area contributed by atoms with E-state index in [1.165, 1.54) is 5.56 Å². The fourth-order valence-electron chi connectivity index (χ4n) is 1.68. The number of aliphatic hydroxyl groups excluding tert-OH is 1. The van der Waals surface area contributed by atoms with E-state index in [9.17, 15) is 0 Å². The maximum Gasteiger partial charge on any atom is 0.0662 e. The van der Waals surface area contributed by atoms with Gasteiger partial charge in [-0.3, -0.25) is 0 Å². The maximum absolute atomic E-state index is 9.13. The quantitative estimate of drug-likeness (QED) is 0.656. The zero-order chi connectivity index (χ0) is 8.60. The lowest BCUT2D eigenvalue weighted by Gasteiger charge is -2.21. The van der Waals surface area contributed by atoms with Crippen LogP contribution in [0.1, 0.15) is 12.5 Å². The fraction of sp³-hybridized carbons (Fsp3) is 0.400. The van der Waals surface area contributed by atoms with Crippen molar-refractivity contribution in [3.05, 3.63) is 29.8 Å². The Kier molecular flexibility index (Phi) is 1.58. The van der Waals surface area contributed by atoms with Gasteiger partial charge >= 0.3 is 0 Å². The number of nitrogens with one attached hydrogen (secondary N) is 1. The lowest BCUT2D eigenvalue weighted by Crippen LogP contribution is -2.36. The fourth-order valence-corrected chi connectivity index (χ4v) is 1.68. The van der Waals surface area contributed by atoms with Crippen LogP contribution < -0.4 is 5.32 Å². The van der Waals surface area contributed by atoms with E-state index in [4.69, 9.17) is 5.11 Å². The van der Waals surface area contributed by atoms with Crippen molar-refractivity contribution in [2.45, 2.75) is 18.9 Å². The number of anilines is 1. The van der Waals surface area contributed by atoms with Crippen LogP contribution in [0, 0.1) is 0 Å². The molecule has 2 rings (SSSR count). The van der Waals surface area contributed by atoms with E-state index in [0.717, 1.165) is 12.1 Å². The average molecular weight is 163 g/mol. The second-order valence-electron chi connectivity index (χ2n) is 3.68. The molecular weight excluding hydrogens is 150 g/mol. The minimum atomic E-state index is -0.149. The van der Waals surface area contributed by atoms with E-state index < -0.39 is 0 Å². The van der Waals surface area contributed by atoms with Gasteiger partial charge in [0.2, 0.25) is 0 Å². The van der Waals surface area contributed by atoms with Gasteiger partial charge in [0.05, 0.1) is 12.1 Å². The van der Waals surface area contributed by atoms with Gasteiger partial charge in [0.15, 0.2) is 0 Å². The van der Waals surface area contributed by atoms with Crippen molar-refractivity contribution in [2.24, 2.45) is 0 Å². The molecule has 0 amide bonds. The molecule has 1 aliphatic rings. The van der Waals surface area contributed by atoms with Crippen molar-refractivity contribution in [3.8, 4) is 0 Å². The molecule has 0 unspecified atom stereocenters. The maximum atomic E-state index is 9.13. The zero-order valence-electron chi connectivity index (χ0n) is 7.17. The van der Waals surface area contributed by atoms with E-state index in [0.29, 0.717) is 0 Å². The molecule has 0 spiro atoms.